The lowest BCUT2D eigenvalue weighted by atomic mass is 10.0. The van der Waals surface area contributed by atoms with E-state index in [2.05, 4.69) is 5.32 Å². The van der Waals surface area contributed by atoms with E-state index < -0.39 is 24.5 Å². The van der Waals surface area contributed by atoms with Crippen molar-refractivity contribution in [3.05, 3.63) is 36.0 Å². The molecular weight excluding hydrogens is 352 g/mol. The lowest BCUT2D eigenvalue weighted by molar-refractivity contribution is -0.152. The highest BCUT2D eigenvalue weighted by Crippen LogP contribution is 2.24. The fourth-order valence-electron chi connectivity index (χ4n) is 2.93. The van der Waals surface area contributed by atoms with Gasteiger partial charge in [0, 0.05) is 24.8 Å². The molecule has 8 nitrogen and oxygen atoms in total. The van der Waals surface area contributed by atoms with E-state index in [1.54, 1.807) is 6.20 Å². The van der Waals surface area contributed by atoms with Crippen LogP contribution in [0.5, 0.6) is 0 Å². The third-order valence-electron chi connectivity index (χ3n) is 4.08. The first-order valence-electron chi connectivity index (χ1n) is 8.80. The minimum Gasteiger partial charge on any atom is -0.453 e. The van der Waals surface area contributed by atoms with Gasteiger partial charge in [0.25, 0.3) is 0 Å². The highest BCUT2D eigenvalue weighted by Gasteiger charge is 2.27. The van der Waals surface area contributed by atoms with Gasteiger partial charge in [-0.3, -0.25) is 4.57 Å². The lowest BCUT2D eigenvalue weighted by Crippen LogP contribution is -2.47. The maximum Gasteiger partial charge on any atom is 0.418 e. The first kappa shape index (κ1) is 20.7. The number of carbonyl (C=O) groups excluding carboxylic acids is 2. The molecule has 1 aromatic carbocycles. The number of methoxy groups -OCH3 is 2. The summed E-state index contributed by atoms with van der Waals surface area (Å²) in [6, 6.07) is 6.98. The Morgan fingerprint density at radius 3 is 2.33 bits per heavy atom. The number of alkyl carbamates (subject to hydrolysis) is 1. The summed E-state index contributed by atoms with van der Waals surface area (Å²) in [5.74, 6) is 0. The second-order valence-corrected chi connectivity index (χ2v) is 5.74. The van der Waals surface area contributed by atoms with Crippen LogP contribution in [0.2, 0.25) is 0 Å². The SMILES string of the molecule is CCOC(OCC)C(Cc1cn(C(=O)OC)c2ccccc12)NC(=O)OC. The van der Waals surface area contributed by atoms with Gasteiger partial charge in [0.05, 0.1) is 25.8 Å². The van der Waals surface area contributed by atoms with Crippen LogP contribution in [0.3, 0.4) is 0 Å². The summed E-state index contributed by atoms with van der Waals surface area (Å²) in [5.41, 5.74) is 1.57. The molecular formula is C19H26N2O6. The van der Waals surface area contributed by atoms with Crippen molar-refractivity contribution in [1.82, 2.24) is 9.88 Å². The number of ether oxygens (including phenoxy) is 4. The molecule has 1 unspecified atom stereocenters. The number of hydrogen-bond donors (Lipinski definition) is 1. The molecule has 0 spiro atoms. The molecule has 0 aliphatic rings. The van der Waals surface area contributed by atoms with E-state index in [-0.39, 0.29) is 0 Å². The molecule has 2 aromatic rings. The predicted octanol–water partition coefficient (Wildman–Crippen LogP) is 2.92. The molecule has 1 atom stereocenters. The second-order valence-electron chi connectivity index (χ2n) is 5.74. The van der Waals surface area contributed by atoms with Gasteiger partial charge in [-0.05, 0) is 31.9 Å². The van der Waals surface area contributed by atoms with Crippen molar-refractivity contribution in [3.8, 4) is 0 Å². The standard InChI is InChI=1S/C19H26N2O6/c1-5-26-17(27-6-2)15(20-18(22)24-3)11-13-12-21(19(23)25-4)16-10-8-7-9-14(13)16/h7-10,12,15,17H,5-6,11H2,1-4H3,(H,20,22). The molecule has 0 aliphatic heterocycles. The molecule has 0 fully saturated rings. The number of nitrogens with one attached hydrogen (secondary N) is 1. The van der Waals surface area contributed by atoms with Crippen LogP contribution in [0.15, 0.2) is 30.5 Å². The molecule has 1 aromatic heterocycles. The summed E-state index contributed by atoms with van der Waals surface area (Å²) >= 11 is 0. The van der Waals surface area contributed by atoms with Crippen molar-refractivity contribution in [2.75, 3.05) is 27.4 Å². The van der Waals surface area contributed by atoms with Gasteiger partial charge >= 0.3 is 12.2 Å². The first-order chi connectivity index (χ1) is 13.0. The summed E-state index contributed by atoms with van der Waals surface area (Å²) in [5, 5.41) is 3.65. The number of nitrogens with zero attached hydrogens (tertiary/aromatic N) is 1. The van der Waals surface area contributed by atoms with Crippen LogP contribution in [0.1, 0.15) is 19.4 Å². The number of aromatic nitrogens is 1. The van der Waals surface area contributed by atoms with E-state index in [1.807, 2.05) is 38.1 Å². The minimum atomic E-state index is -0.653. The van der Waals surface area contributed by atoms with Gasteiger partial charge in [-0.25, -0.2) is 9.59 Å². The average molecular weight is 378 g/mol. The highest BCUT2D eigenvalue weighted by atomic mass is 16.7. The number of benzene rings is 1. The molecule has 1 N–H and O–H groups in total. The Morgan fingerprint density at radius 2 is 1.74 bits per heavy atom. The molecule has 27 heavy (non-hydrogen) atoms. The van der Waals surface area contributed by atoms with Crippen LogP contribution < -0.4 is 5.32 Å². The van der Waals surface area contributed by atoms with Crippen LogP contribution in [-0.4, -0.2) is 56.5 Å². The van der Waals surface area contributed by atoms with Gasteiger partial charge in [0.2, 0.25) is 0 Å². The number of amides is 1. The molecule has 0 aliphatic carbocycles. The van der Waals surface area contributed by atoms with Crippen molar-refractivity contribution >= 4 is 23.1 Å². The van der Waals surface area contributed by atoms with Crippen LogP contribution in [0.25, 0.3) is 10.9 Å². The first-order valence-corrected chi connectivity index (χ1v) is 8.80. The zero-order valence-corrected chi connectivity index (χ0v) is 16.1. The third-order valence-corrected chi connectivity index (χ3v) is 4.08. The summed E-state index contributed by atoms with van der Waals surface area (Å²) in [4.78, 5) is 23.9. The molecule has 0 saturated heterocycles. The topological polar surface area (TPSA) is 88.0 Å². The molecule has 1 amide bonds. The Bertz CT molecular complexity index is 767. The maximum atomic E-state index is 12.1. The summed E-state index contributed by atoms with van der Waals surface area (Å²) < 4.78 is 22.3. The van der Waals surface area contributed by atoms with E-state index >= 15 is 0 Å². The van der Waals surface area contributed by atoms with Crippen molar-refractivity contribution in [2.45, 2.75) is 32.6 Å². The van der Waals surface area contributed by atoms with Gasteiger partial charge in [-0.15, -0.1) is 0 Å². The normalized spacial score (nSPS) is 12.2. The fraction of sp³-hybridized carbons (Fsp3) is 0.474. The average Bonchev–Trinajstić information content (AvgIpc) is 3.05. The predicted molar refractivity (Wildman–Crippen MR) is 99.8 cm³/mol. The summed E-state index contributed by atoms with van der Waals surface area (Å²) in [6.07, 6.45) is 0.364. The van der Waals surface area contributed by atoms with Gasteiger partial charge < -0.3 is 24.3 Å². The molecule has 1 heterocycles. The highest BCUT2D eigenvalue weighted by molar-refractivity contribution is 5.92. The lowest BCUT2D eigenvalue weighted by Gasteiger charge is -2.27. The maximum absolute atomic E-state index is 12.1. The van der Waals surface area contributed by atoms with Crippen molar-refractivity contribution in [2.24, 2.45) is 0 Å². The van der Waals surface area contributed by atoms with Crippen LogP contribution in [-0.2, 0) is 25.4 Å². The monoisotopic (exact) mass is 378 g/mol. The van der Waals surface area contributed by atoms with E-state index in [0.29, 0.717) is 19.6 Å². The van der Waals surface area contributed by atoms with E-state index in [4.69, 9.17) is 18.9 Å². The zero-order valence-electron chi connectivity index (χ0n) is 16.1. The number of fused-ring (bicyclic) bond motifs is 1. The van der Waals surface area contributed by atoms with E-state index in [1.165, 1.54) is 18.8 Å². The molecule has 0 saturated carbocycles. The van der Waals surface area contributed by atoms with Crippen LogP contribution in [0, 0.1) is 0 Å². The van der Waals surface area contributed by atoms with Crippen molar-refractivity contribution in [1.29, 1.82) is 0 Å². The molecule has 148 valence electrons. The summed E-state index contributed by atoms with van der Waals surface area (Å²) in [7, 11) is 2.63. The van der Waals surface area contributed by atoms with E-state index in [9.17, 15) is 9.59 Å². The molecule has 2 rings (SSSR count). The van der Waals surface area contributed by atoms with Gasteiger partial charge in [-0.1, -0.05) is 18.2 Å². The number of para-hydroxylation sites is 1. The van der Waals surface area contributed by atoms with Gasteiger partial charge in [0.1, 0.15) is 0 Å². The minimum absolute atomic E-state index is 0.379. The third kappa shape index (κ3) is 4.99. The van der Waals surface area contributed by atoms with E-state index in [0.717, 1.165) is 16.5 Å². The Balaban J connectivity index is 2.41. The Morgan fingerprint density at radius 1 is 1.07 bits per heavy atom. The van der Waals surface area contributed by atoms with Crippen LogP contribution in [0.4, 0.5) is 9.59 Å². The molecule has 0 radical (unpaired) electrons. The Kier molecular flexibility index (Phi) is 7.63. The zero-order chi connectivity index (χ0) is 19.8. The van der Waals surface area contributed by atoms with Crippen molar-refractivity contribution in [3.63, 3.8) is 0 Å². The largest absolute Gasteiger partial charge is 0.453 e. The van der Waals surface area contributed by atoms with Gasteiger partial charge in [-0.2, -0.15) is 0 Å². The molecule has 0 bridgehead atoms. The summed E-state index contributed by atoms with van der Waals surface area (Å²) in [6.45, 7) is 4.55. The molecule has 8 heteroatoms. The Hall–Kier alpha value is -2.58. The number of hydrogen-bond acceptors (Lipinski definition) is 6. The second kappa shape index (κ2) is 9.94. The quantitative estimate of drug-likeness (QED) is 0.711. The van der Waals surface area contributed by atoms with Crippen molar-refractivity contribution < 1.29 is 28.5 Å². The van der Waals surface area contributed by atoms with Crippen LogP contribution >= 0.6 is 0 Å². The smallest absolute Gasteiger partial charge is 0.418 e. The van der Waals surface area contributed by atoms with Gasteiger partial charge in [0.15, 0.2) is 6.29 Å². The number of carbonyl (C=O) groups is 2. The Labute approximate surface area is 158 Å². The fourth-order valence-corrected chi connectivity index (χ4v) is 2.93. The number of rotatable bonds is 8.